The zero-order valence-electron chi connectivity index (χ0n) is 16.9. The summed E-state index contributed by atoms with van der Waals surface area (Å²) in [5, 5.41) is 9.64. The highest BCUT2D eigenvalue weighted by molar-refractivity contribution is 8.18. The van der Waals surface area contributed by atoms with Gasteiger partial charge in [-0.1, -0.05) is 18.2 Å². The summed E-state index contributed by atoms with van der Waals surface area (Å²) in [4.78, 5) is 41.6. The number of amides is 1. The summed E-state index contributed by atoms with van der Waals surface area (Å²) in [6, 6.07) is 13.2. The molecule has 1 amide bonds. The number of carbonyl (C=O) groups excluding carboxylic acids is 2. The van der Waals surface area contributed by atoms with E-state index in [-0.39, 0.29) is 18.1 Å². The van der Waals surface area contributed by atoms with Gasteiger partial charge in [-0.2, -0.15) is 0 Å². The molecule has 2 aromatic rings. The number of rotatable bonds is 7. The van der Waals surface area contributed by atoms with E-state index in [0.29, 0.717) is 28.1 Å². The number of carbonyl (C=O) groups is 3. The van der Waals surface area contributed by atoms with Gasteiger partial charge in [0.25, 0.3) is 5.91 Å². The predicted molar refractivity (Wildman–Crippen MR) is 117 cm³/mol. The van der Waals surface area contributed by atoms with Crippen molar-refractivity contribution in [1.82, 2.24) is 4.90 Å². The molecule has 2 aromatic carbocycles. The number of carboxylic acids is 1. The minimum atomic E-state index is -1.04. The molecule has 1 saturated heterocycles. The number of aromatic carboxylic acids is 1. The fourth-order valence-corrected chi connectivity index (χ4v) is 3.76. The maximum atomic E-state index is 12.8. The molecule has 0 spiro atoms. The Labute approximate surface area is 183 Å². The normalized spacial score (nSPS) is 16.1. The smallest absolute Gasteiger partial charge is 0.343 e. The number of likely N-dealkylation sites (N-methyl/N-ethyl adjacent to an activating group) is 1. The molecule has 3 rings (SSSR count). The van der Waals surface area contributed by atoms with Crippen LogP contribution in [0.1, 0.15) is 22.8 Å². The predicted octanol–water partition coefficient (Wildman–Crippen LogP) is 3.56. The van der Waals surface area contributed by atoms with Crippen molar-refractivity contribution in [3.8, 4) is 5.75 Å². The van der Waals surface area contributed by atoms with Crippen LogP contribution in [-0.2, 0) is 14.3 Å². The van der Waals surface area contributed by atoms with Crippen molar-refractivity contribution >= 4 is 46.5 Å². The Morgan fingerprint density at radius 2 is 1.94 bits per heavy atom. The van der Waals surface area contributed by atoms with Crippen LogP contribution in [0.15, 0.2) is 58.4 Å². The zero-order valence-corrected chi connectivity index (χ0v) is 17.7. The van der Waals surface area contributed by atoms with Crippen LogP contribution in [0.2, 0.25) is 0 Å². The standard InChI is InChI=1S/C22H20N2O6S/c1-3-24-20(26)18(11-14-7-9-17(10-8-14)30-13-19(25)29-2)31-22(24)23-16-6-4-5-15(12-16)21(27)28/h4-12H,3,13H2,1-2H3,(H,27,28)/b18-11+,23-22?. The fraction of sp³-hybridized carbons (Fsp3) is 0.182. The maximum absolute atomic E-state index is 12.8. The molecule has 1 fully saturated rings. The molecule has 1 heterocycles. The topological polar surface area (TPSA) is 106 Å². The summed E-state index contributed by atoms with van der Waals surface area (Å²) in [5.74, 6) is -1.18. The van der Waals surface area contributed by atoms with Gasteiger partial charge in [-0.25, -0.2) is 14.6 Å². The molecule has 9 heteroatoms. The average Bonchev–Trinajstić information content (AvgIpc) is 3.06. The number of benzene rings is 2. The van der Waals surface area contributed by atoms with Gasteiger partial charge in [0.05, 0.1) is 23.3 Å². The number of amidine groups is 1. The summed E-state index contributed by atoms with van der Waals surface area (Å²) >= 11 is 1.22. The first-order valence-electron chi connectivity index (χ1n) is 9.34. The van der Waals surface area contributed by atoms with Crippen LogP contribution < -0.4 is 4.74 Å². The fourth-order valence-electron chi connectivity index (χ4n) is 2.70. The van der Waals surface area contributed by atoms with Gasteiger partial charge in [0.2, 0.25) is 0 Å². The van der Waals surface area contributed by atoms with E-state index in [0.717, 1.165) is 5.56 Å². The molecule has 0 bridgehead atoms. The Morgan fingerprint density at radius 3 is 2.58 bits per heavy atom. The highest BCUT2D eigenvalue weighted by atomic mass is 32.2. The molecule has 0 unspecified atom stereocenters. The zero-order chi connectivity index (χ0) is 22.4. The minimum absolute atomic E-state index is 0.129. The first-order chi connectivity index (χ1) is 14.9. The Hall–Kier alpha value is -3.59. The second-order valence-electron chi connectivity index (χ2n) is 6.34. The SMILES string of the molecule is CCN1C(=O)/C(=C\c2ccc(OCC(=O)OC)cc2)SC1=Nc1cccc(C(=O)O)c1. The molecule has 8 nitrogen and oxygen atoms in total. The van der Waals surface area contributed by atoms with Crippen LogP contribution >= 0.6 is 11.8 Å². The van der Waals surface area contributed by atoms with Crippen LogP contribution in [0.5, 0.6) is 5.75 Å². The van der Waals surface area contributed by atoms with Crippen LogP contribution in [0.4, 0.5) is 5.69 Å². The third-order valence-electron chi connectivity index (χ3n) is 4.28. The van der Waals surface area contributed by atoms with E-state index in [1.54, 1.807) is 42.5 Å². The van der Waals surface area contributed by atoms with Gasteiger partial charge in [-0.15, -0.1) is 0 Å². The van der Waals surface area contributed by atoms with Gasteiger partial charge < -0.3 is 14.6 Å². The summed E-state index contributed by atoms with van der Waals surface area (Å²) in [7, 11) is 1.29. The number of thioether (sulfide) groups is 1. The second kappa shape index (κ2) is 9.94. The summed E-state index contributed by atoms with van der Waals surface area (Å²) in [6.07, 6.45) is 1.75. The molecule has 0 aliphatic carbocycles. The number of methoxy groups -OCH3 is 1. The van der Waals surface area contributed by atoms with Gasteiger partial charge in [-0.05, 0) is 60.7 Å². The van der Waals surface area contributed by atoms with E-state index in [1.807, 2.05) is 6.92 Å². The van der Waals surface area contributed by atoms with Crippen LogP contribution in [0, 0.1) is 0 Å². The third-order valence-corrected chi connectivity index (χ3v) is 5.29. The number of aliphatic imine (C=N–C) groups is 1. The van der Waals surface area contributed by atoms with E-state index < -0.39 is 11.9 Å². The summed E-state index contributed by atoms with van der Waals surface area (Å²) in [6.45, 7) is 2.10. The molecule has 0 aromatic heterocycles. The first kappa shape index (κ1) is 22.1. The highest BCUT2D eigenvalue weighted by Gasteiger charge is 2.32. The second-order valence-corrected chi connectivity index (χ2v) is 7.35. The molecule has 160 valence electrons. The van der Waals surface area contributed by atoms with Gasteiger partial charge in [0.1, 0.15) is 5.75 Å². The van der Waals surface area contributed by atoms with E-state index in [2.05, 4.69) is 9.73 Å². The Morgan fingerprint density at radius 1 is 1.19 bits per heavy atom. The van der Waals surface area contributed by atoms with Gasteiger partial charge >= 0.3 is 11.9 Å². The van der Waals surface area contributed by atoms with Crippen molar-refractivity contribution in [2.24, 2.45) is 4.99 Å². The van der Waals surface area contributed by atoms with E-state index in [4.69, 9.17) is 9.84 Å². The molecule has 1 N–H and O–H groups in total. The number of nitrogens with zero attached hydrogens (tertiary/aromatic N) is 2. The van der Waals surface area contributed by atoms with E-state index >= 15 is 0 Å². The Bertz CT molecular complexity index is 1060. The lowest BCUT2D eigenvalue weighted by Gasteiger charge is -2.12. The molecule has 1 aliphatic rings. The Kier molecular flexibility index (Phi) is 7.09. The first-order valence-corrected chi connectivity index (χ1v) is 10.2. The van der Waals surface area contributed by atoms with Crippen molar-refractivity contribution in [3.63, 3.8) is 0 Å². The van der Waals surface area contributed by atoms with Crippen molar-refractivity contribution in [3.05, 3.63) is 64.6 Å². The number of hydrogen-bond donors (Lipinski definition) is 1. The van der Waals surface area contributed by atoms with E-state index in [1.165, 1.54) is 35.9 Å². The number of esters is 1. The number of hydrogen-bond acceptors (Lipinski definition) is 7. The van der Waals surface area contributed by atoms with Gasteiger partial charge in [0, 0.05) is 6.54 Å². The van der Waals surface area contributed by atoms with Crippen LogP contribution in [-0.4, -0.2) is 53.3 Å². The quantitative estimate of drug-likeness (QED) is 0.518. The third kappa shape index (κ3) is 5.52. The Balaban J connectivity index is 1.79. The summed E-state index contributed by atoms with van der Waals surface area (Å²) < 4.78 is 9.84. The lowest BCUT2D eigenvalue weighted by Crippen LogP contribution is -2.28. The van der Waals surface area contributed by atoms with Crippen LogP contribution in [0.25, 0.3) is 6.08 Å². The molecule has 0 saturated carbocycles. The molecule has 1 aliphatic heterocycles. The molecular formula is C22H20N2O6S. The monoisotopic (exact) mass is 440 g/mol. The molecular weight excluding hydrogens is 420 g/mol. The molecule has 0 radical (unpaired) electrons. The van der Waals surface area contributed by atoms with Crippen molar-refractivity contribution in [2.45, 2.75) is 6.92 Å². The minimum Gasteiger partial charge on any atom is -0.482 e. The number of carboxylic acid groups (broad SMARTS) is 1. The lowest BCUT2D eigenvalue weighted by atomic mass is 10.2. The highest BCUT2D eigenvalue weighted by Crippen LogP contribution is 2.34. The van der Waals surface area contributed by atoms with Gasteiger partial charge in [-0.3, -0.25) is 9.69 Å². The van der Waals surface area contributed by atoms with Gasteiger partial charge in [0.15, 0.2) is 11.8 Å². The maximum Gasteiger partial charge on any atom is 0.343 e. The lowest BCUT2D eigenvalue weighted by molar-refractivity contribution is -0.142. The summed E-state index contributed by atoms with van der Waals surface area (Å²) in [5.41, 5.74) is 1.37. The molecule has 31 heavy (non-hydrogen) atoms. The number of ether oxygens (including phenoxy) is 2. The largest absolute Gasteiger partial charge is 0.482 e. The van der Waals surface area contributed by atoms with E-state index in [9.17, 15) is 14.4 Å². The van der Waals surface area contributed by atoms with Crippen molar-refractivity contribution in [1.29, 1.82) is 0 Å². The average molecular weight is 440 g/mol. The van der Waals surface area contributed by atoms with Crippen molar-refractivity contribution < 1.29 is 29.0 Å². The van der Waals surface area contributed by atoms with Crippen LogP contribution in [0.3, 0.4) is 0 Å². The molecule has 0 atom stereocenters. The van der Waals surface area contributed by atoms with Crippen molar-refractivity contribution in [2.75, 3.05) is 20.3 Å².